The minimum atomic E-state index is -3.13. The lowest BCUT2D eigenvalue weighted by molar-refractivity contribution is 0.384. The van der Waals surface area contributed by atoms with E-state index in [0.29, 0.717) is 32.1 Å². The number of nitrogens with one attached hydrogen (secondary N) is 1. The molecule has 1 fully saturated rings. The fraction of sp³-hybridized carbons (Fsp3) is 0.444. The lowest BCUT2D eigenvalue weighted by Gasteiger charge is -2.34. The van der Waals surface area contributed by atoms with Gasteiger partial charge < -0.3 is 10.2 Å². The Hall–Kier alpha value is -2.19. The van der Waals surface area contributed by atoms with Gasteiger partial charge in [0.1, 0.15) is 5.82 Å². The van der Waals surface area contributed by atoms with Crippen LogP contribution in [0.2, 0.25) is 0 Å². The highest BCUT2D eigenvalue weighted by atomic mass is 32.2. The van der Waals surface area contributed by atoms with E-state index in [1.54, 1.807) is 11.2 Å². The zero-order chi connectivity index (χ0) is 18.7. The van der Waals surface area contributed by atoms with Crippen molar-refractivity contribution in [3.8, 4) is 0 Å². The first-order chi connectivity index (χ1) is 12.4. The molecule has 2 heterocycles. The highest BCUT2D eigenvalue weighted by Gasteiger charge is 2.26. The van der Waals surface area contributed by atoms with Crippen LogP contribution in [-0.4, -0.2) is 54.6 Å². The smallest absolute Gasteiger partial charge is 0.229 e. The third-order valence-electron chi connectivity index (χ3n) is 4.47. The standard InChI is InChI=1S/C18H25N5O2S/c1-4-26(24,25)23-11-9-22(10-12-23)17-13-15(3)19-18(21-17)20-16-7-5-14(2)6-8-16/h5-8,13H,4,9-12H2,1-3H3,(H,19,20,21). The molecular formula is C18H25N5O2S. The summed E-state index contributed by atoms with van der Waals surface area (Å²) >= 11 is 0. The first-order valence-corrected chi connectivity index (χ1v) is 10.4. The summed E-state index contributed by atoms with van der Waals surface area (Å²) in [6.45, 7) is 7.88. The fourth-order valence-electron chi connectivity index (χ4n) is 2.91. The van der Waals surface area contributed by atoms with Crippen molar-refractivity contribution in [3.05, 3.63) is 41.6 Å². The van der Waals surface area contributed by atoms with Crippen molar-refractivity contribution in [1.29, 1.82) is 0 Å². The third kappa shape index (κ3) is 4.31. The molecule has 140 valence electrons. The van der Waals surface area contributed by atoms with Gasteiger partial charge in [-0.05, 0) is 32.9 Å². The summed E-state index contributed by atoms with van der Waals surface area (Å²) in [6, 6.07) is 9.99. The number of sulfonamides is 1. The quantitative estimate of drug-likeness (QED) is 0.864. The maximum absolute atomic E-state index is 12.0. The van der Waals surface area contributed by atoms with Crippen LogP contribution >= 0.6 is 0 Å². The fourth-order valence-corrected chi connectivity index (χ4v) is 4.00. The number of hydrogen-bond acceptors (Lipinski definition) is 6. The van der Waals surface area contributed by atoms with E-state index in [4.69, 9.17) is 0 Å². The van der Waals surface area contributed by atoms with E-state index >= 15 is 0 Å². The predicted molar refractivity (Wildman–Crippen MR) is 104 cm³/mol. The molecule has 2 aromatic rings. The van der Waals surface area contributed by atoms with Gasteiger partial charge in [0, 0.05) is 43.6 Å². The van der Waals surface area contributed by atoms with E-state index in [1.807, 2.05) is 44.2 Å². The Morgan fingerprint density at radius 1 is 1.04 bits per heavy atom. The Bertz CT molecular complexity index is 860. The summed E-state index contributed by atoms with van der Waals surface area (Å²) in [6.07, 6.45) is 0. The number of hydrogen-bond donors (Lipinski definition) is 1. The van der Waals surface area contributed by atoms with E-state index in [2.05, 4.69) is 20.2 Å². The van der Waals surface area contributed by atoms with Gasteiger partial charge in [0.2, 0.25) is 16.0 Å². The van der Waals surface area contributed by atoms with Gasteiger partial charge in [0.25, 0.3) is 0 Å². The molecule has 1 aromatic carbocycles. The predicted octanol–water partition coefficient (Wildman–Crippen LogP) is 2.31. The van der Waals surface area contributed by atoms with E-state index in [1.165, 1.54) is 5.56 Å². The van der Waals surface area contributed by atoms with Gasteiger partial charge in [0.05, 0.1) is 5.75 Å². The van der Waals surface area contributed by atoms with Crippen LogP contribution in [-0.2, 0) is 10.0 Å². The molecule has 0 spiro atoms. The van der Waals surface area contributed by atoms with E-state index in [-0.39, 0.29) is 5.75 Å². The Balaban J connectivity index is 1.73. The number of aryl methyl sites for hydroxylation is 2. The average molecular weight is 375 g/mol. The van der Waals surface area contributed by atoms with Crippen molar-refractivity contribution >= 4 is 27.5 Å². The highest BCUT2D eigenvalue weighted by molar-refractivity contribution is 7.89. The maximum Gasteiger partial charge on any atom is 0.229 e. The average Bonchev–Trinajstić information content (AvgIpc) is 2.63. The van der Waals surface area contributed by atoms with Crippen molar-refractivity contribution < 1.29 is 8.42 Å². The minimum absolute atomic E-state index is 0.143. The molecule has 0 radical (unpaired) electrons. The molecule has 0 saturated carbocycles. The van der Waals surface area contributed by atoms with Crippen LogP contribution in [0.3, 0.4) is 0 Å². The van der Waals surface area contributed by atoms with Gasteiger partial charge in [-0.2, -0.15) is 9.29 Å². The molecule has 3 rings (SSSR count). The van der Waals surface area contributed by atoms with E-state index < -0.39 is 10.0 Å². The maximum atomic E-state index is 12.0. The molecule has 1 aromatic heterocycles. The molecule has 0 bridgehead atoms. The molecular weight excluding hydrogens is 350 g/mol. The van der Waals surface area contributed by atoms with Crippen molar-refractivity contribution in [3.63, 3.8) is 0 Å². The number of rotatable bonds is 5. The van der Waals surface area contributed by atoms with Crippen LogP contribution in [0.25, 0.3) is 0 Å². The Labute approximate surface area is 155 Å². The van der Waals surface area contributed by atoms with Crippen LogP contribution in [0.15, 0.2) is 30.3 Å². The van der Waals surface area contributed by atoms with Crippen LogP contribution in [0.5, 0.6) is 0 Å². The molecule has 8 heteroatoms. The molecule has 0 atom stereocenters. The number of anilines is 3. The Morgan fingerprint density at radius 3 is 2.31 bits per heavy atom. The van der Waals surface area contributed by atoms with Crippen molar-refractivity contribution in [2.45, 2.75) is 20.8 Å². The summed E-state index contributed by atoms with van der Waals surface area (Å²) in [5.41, 5.74) is 3.00. The number of aromatic nitrogens is 2. The summed E-state index contributed by atoms with van der Waals surface area (Å²) in [7, 11) is -3.13. The molecule has 0 aliphatic carbocycles. The first-order valence-electron chi connectivity index (χ1n) is 8.79. The second-order valence-electron chi connectivity index (χ2n) is 6.47. The lowest BCUT2D eigenvalue weighted by atomic mass is 10.2. The molecule has 7 nitrogen and oxygen atoms in total. The Kier molecular flexibility index (Phi) is 5.43. The van der Waals surface area contributed by atoms with Gasteiger partial charge in [-0.1, -0.05) is 17.7 Å². The largest absolute Gasteiger partial charge is 0.354 e. The van der Waals surface area contributed by atoms with Crippen LogP contribution < -0.4 is 10.2 Å². The molecule has 1 aliphatic rings. The molecule has 1 saturated heterocycles. The number of piperazine rings is 1. The van der Waals surface area contributed by atoms with Gasteiger partial charge in [0.15, 0.2) is 0 Å². The second kappa shape index (κ2) is 7.59. The van der Waals surface area contributed by atoms with Gasteiger partial charge in [-0.3, -0.25) is 0 Å². The van der Waals surface area contributed by atoms with Crippen molar-refractivity contribution in [2.75, 3.05) is 42.1 Å². The van der Waals surface area contributed by atoms with Gasteiger partial charge >= 0.3 is 0 Å². The monoisotopic (exact) mass is 375 g/mol. The van der Waals surface area contributed by atoms with E-state index in [0.717, 1.165) is 17.2 Å². The topological polar surface area (TPSA) is 78.4 Å². The number of benzene rings is 1. The van der Waals surface area contributed by atoms with Crippen molar-refractivity contribution in [2.24, 2.45) is 0 Å². The van der Waals surface area contributed by atoms with Gasteiger partial charge in [-0.25, -0.2) is 13.4 Å². The molecule has 0 unspecified atom stereocenters. The van der Waals surface area contributed by atoms with Crippen LogP contribution in [0.4, 0.5) is 17.5 Å². The second-order valence-corrected chi connectivity index (χ2v) is 8.73. The van der Waals surface area contributed by atoms with Crippen LogP contribution in [0, 0.1) is 13.8 Å². The SMILES string of the molecule is CCS(=O)(=O)N1CCN(c2cc(C)nc(Nc3ccc(C)cc3)n2)CC1. The summed E-state index contributed by atoms with van der Waals surface area (Å²) in [5, 5.41) is 3.24. The molecule has 1 aliphatic heterocycles. The lowest BCUT2D eigenvalue weighted by Crippen LogP contribution is -2.49. The molecule has 0 amide bonds. The molecule has 1 N–H and O–H groups in total. The normalized spacial score (nSPS) is 15.9. The number of nitrogens with zero attached hydrogens (tertiary/aromatic N) is 4. The van der Waals surface area contributed by atoms with Crippen molar-refractivity contribution in [1.82, 2.24) is 14.3 Å². The summed E-state index contributed by atoms with van der Waals surface area (Å²) in [4.78, 5) is 11.2. The summed E-state index contributed by atoms with van der Waals surface area (Å²) < 4.78 is 25.6. The first kappa shape index (κ1) is 18.6. The third-order valence-corrected chi connectivity index (χ3v) is 6.35. The van der Waals surface area contributed by atoms with Gasteiger partial charge in [-0.15, -0.1) is 0 Å². The minimum Gasteiger partial charge on any atom is -0.354 e. The zero-order valence-electron chi connectivity index (χ0n) is 15.4. The summed E-state index contributed by atoms with van der Waals surface area (Å²) in [5.74, 6) is 1.51. The Morgan fingerprint density at radius 2 is 1.69 bits per heavy atom. The van der Waals surface area contributed by atoms with E-state index in [9.17, 15) is 8.42 Å². The molecule has 26 heavy (non-hydrogen) atoms. The van der Waals surface area contributed by atoms with Crippen LogP contribution in [0.1, 0.15) is 18.2 Å². The highest BCUT2D eigenvalue weighted by Crippen LogP contribution is 2.20. The zero-order valence-corrected chi connectivity index (χ0v) is 16.3.